The van der Waals surface area contributed by atoms with Crippen molar-refractivity contribution in [1.82, 2.24) is 4.90 Å². The number of hydrogen-bond acceptors (Lipinski definition) is 4. The quantitative estimate of drug-likeness (QED) is 0.882. The molecule has 102 valence electrons. The van der Waals surface area contributed by atoms with Crippen LogP contribution >= 0.6 is 0 Å². The van der Waals surface area contributed by atoms with Gasteiger partial charge in [0.25, 0.3) is 0 Å². The number of ether oxygens (including phenoxy) is 1. The molecule has 0 amide bonds. The highest BCUT2D eigenvalue weighted by atomic mass is 19.1. The number of benzene rings is 1. The molecule has 2 atom stereocenters. The summed E-state index contributed by atoms with van der Waals surface area (Å²) in [6, 6.07) is 6.39. The van der Waals surface area contributed by atoms with Crippen molar-refractivity contribution in [2.24, 2.45) is 5.73 Å². The van der Waals surface area contributed by atoms with Crippen LogP contribution in [0.2, 0.25) is 0 Å². The third-order valence-corrected chi connectivity index (χ3v) is 3.53. The number of methoxy groups -OCH3 is 1. The van der Waals surface area contributed by atoms with Gasteiger partial charge in [0.05, 0.1) is 18.2 Å². The fraction of sp³-hybridized carbons (Fsp3) is 0.500. The van der Waals surface area contributed by atoms with Crippen LogP contribution in [-0.2, 0) is 4.74 Å². The van der Waals surface area contributed by atoms with Gasteiger partial charge in [-0.2, -0.15) is 5.26 Å². The number of halogens is 1. The Kier molecular flexibility index (Phi) is 4.48. The number of nitrogens with zero attached hydrogens (tertiary/aromatic N) is 2. The maximum atomic E-state index is 13.5. The first kappa shape index (κ1) is 13.9. The van der Waals surface area contributed by atoms with Gasteiger partial charge < -0.3 is 10.5 Å². The average Bonchev–Trinajstić information content (AvgIpc) is 2.76. The molecule has 0 saturated carbocycles. The normalized spacial score (nSPS) is 23.5. The maximum absolute atomic E-state index is 13.5. The van der Waals surface area contributed by atoms with Crippen LogP contribution in [0.3, 0.4) is 0 Å². The van der Waals surface area contributed by atoms with Crippen LogP contribution in [0.5, 0.6) is 0 Å². The molecule has 19 heavy (non-hydrogen) atoms. The summed E-state index contributed by atoms with van der Waals surface area (Å²) in [7, 11) is 1.67. The molecule has 5 heteroatoms. The zero-order valence-corrected chi connectivity index (χ0v) is 11.0. The summed E-state index contributed by atoms with van der Waals surface area (Å²) < 4.78 is 18.5. The van der Waals surface area contributed by atoms with E-state index < -0.39 is 0 Å². The second kappa shape index (κ2) is 6.11. The number of rotatable bonds is 4. The molecule has 2 rings (SSSR count). The van der Waals surface area contributed by atoms with E-state index in [1.165, 1.54) is 12.1 Å². The molecule has 0 radical (unpaired) electrons. The van der Waals surface area contributed by atoms with Gasteiger partial charge in [-0.05, 0) is 23.8 Å². The molecule has 1 aliphatic heterocycles. The van der Waals surface area contributed by atoms with Crippen LogP contribution in [0.25, 0.3) is 0 Å². The van der Waals surface area contributed by atoms with E-state index in [1.807, 2.05) is 6.07 Å². The first-order valence-electron chi connectivity index (χ1n) is 6.31. The summed E-state index contributed by atoms with van der Waals surface area (Å²) >= 11 is 0. The van der Waals surface area contributed by atoms with Crippen molar-refractivity contribution in [2.45, 2.75) is 12.0 Å². The van der Waals surface area contributed by atoms with E-state index in [0.717, 1.165) is 25.2 Å². The number of hydrogen-bond donors (Lipinski definition) is 1. The molecule has 2 unspecified atom stereocenters. The molecular weight excluding hydrogens is 245 g/mol. The Balaban J connectivity index is 2.14. The molecule has 1 aliphatic rings. The smallest absolute Gasteiger partial charge is 0.124 e. The van der Waals surface area contributed by atoms with Crippen molar-refractivity contribution in [2.75, 3.05) is 33.4 Å². The lowest BCUT2D eigenvalue weighted by Gasteiger charge is -2.16. The van der Waals surface area contributed by atoms with Gasteiger partial charge in [0.1, 0.15) is 5.82 Å². The molecule has 0 aromatic heterocycles. The Morgan fingerprint density at radius 2 is 2.26 bits per heavy atom. The Bertz CT molecular complexity index is 486. The van der Waals surface area contributed by atoms with Gasteiger partial charge in [-0.15, -0.1) is 0 Å². The van der Waals surface area contributed by atoms with Crippen LogP contribution in [0.15, 0.2) is 18.2 Å². The summed E-state index contributed by atoms with van der Waals surface area (Å²) in [5.74, 6) is -0.309. The van der Waals surface area contributed by atoms with E-state index in [1.54, 1.807) is 13.2 Å². The molecule has 1 fully saturated rings. The Labute approximate surface area is 112 Å². The topological polar surface area (TPSA) is 62.3 Å². The highest BCUT2D eigenvalue weighted by Crippen LogP contribution is 2.27. The molecule has 0 aliphatic carbocycles. The van der Waals surface area contributed by atoms with E-state index in [2.05, 4.69) is 4.90 Å². The SMILES string of the molecule is COCCN1CC(N)C(c2cc(F)cc(C#N)c2)C1. The van der Waals surface area contributed by atoms with E-state index in [-0.39, 0.29) is 17.8 Å². The second-order valence-corrected chi connectivity index (χ2v) is 4.91. The van der Waals surface area contributed by atoms with Gasteiger partial charge in [0, 0.05) is 38.7 Å². The van der Waals surface area contributed by atoms with Gasteiger partial charge in [0.2, 0.25) is 0 Å². The maximum Gasteiger partial charge on any atom is 0.124 e. The van der Waals surface area contributed by atoms with Gasteiger partial charge in [-0.3, -0.25) is 4.90 Å². The van der Waals surface area contributed by atoms with E-state index in [9.17, 15) is 4.39 Å². The lowest BCUT2D eigenvalue weighted by molar-refractivity contribution is 0.160. The van der Waals surface area contributed by atoms with Crippen LogP contribution in [0.4, 0.5) is 4.39 Å². The van der Waals surface area contributed by atoms with Crippen molar-refractivity contribution in [3.63, 3.8) is 0 Å². The Hall–Kier alpha value is -1.48. The number of nitrogens with two attached hydrogens (primary N) is 1. The van der Waals surface area contributed by atoms with E-state index in [0.29, 0.717) is 12.2 Å². The average molecular weight is 263 g/mol. The highest BCUT2D eigenvalue weighted by Gasteiger charge is 2.31. The lowest BCUT2D eigenvalue weighted by atomic mass is 9.93. The molecule has 2 N–H and O–H groups in total. The molecule has 1 saturated heterocycles. The molecule has 1 aromatic rings. The third-order valence-electron chi connectivity index (χ3n) is 3.53. The second-order valence-electron chi connectivity index (χ2n) is 4.91. The van der Waals surface area contributed by atoms with Crippen LogP contribution < -0.4 is 5.73 Å². The minimum absolute atomic E-state index is 0.0369. The highest BCUT2D eigenvalue weighted by molar-refractivity contribution is 5.36. The van der Waals surface area contributed by atoms with Crippen LogP contribution in [-0.4, -0.2) is 44.3 Å². The minimum atomic E-state index is -0.378. The molecule has 4 nitrogen and oxygen atoms in total. The van der Waals surface area contributed by atoms with Crippen molar-refractivity contribution in [3.05, 3.63) is 35.1 Å². The van der Waals surface area contributed by atoms with Crippen molar-refractivity contribution >= 4 is 0 Å². The van der Waals surface area contributed by atoms with Gasteiger partial charge in [0.15, 0.2) is 0 Å². The fourth-order valence-corrected chi connectivity index (χ4v) is 2.56. The third kappa shape index (κ3) is 3.29. The number of nitriles is 1. The molecular formula is C14H18FN3O. The van der Waals surface area contributed by atoms with E-state index in [4.69, 9.17) is 15.7 Å². The summed E-state index contributed by atoms with van der Waals surface area (Å²) in [5.41, 5.74) is 7.28. The molecule has 1 heterocycles. The Morgan fingerprint density at radius 3 is 2.95 bits per heavy atom. The minimum Gasteiger partial charge on any atom is -0.383 e. The summed E-state index contributed by atoms with van der Waals surface area (Å²) in [6.07, 6.45) is 0. The largest absolute Gasteiger partial charge is 0.383 e. The molecule has 0 spiro atoms. The predicted octanol–water partition coefficient (Wildman–Crippen LogP) is 1.07. The number of likely N-dealkylation sites (tertiary alicyclic amines) is 1. The van der Waals surface area contributed by atoms with Gasteiger partial charge >= 0.3 is 0 Å². The molecule has 0 bridgehead atoms. The summed E-state index contributed by atoms with van der Waals surface area (Å²) in [6.45, 7) is 3.03. The first-order chi connectivity index (χ1) is 9.13. The lowest BCUT2D eigenvalue weighted by Crippen LogP contribution is -2.30. The monoisotopic (exact) mass is 263 g/mol. The van der Waals surface area contributed by atoms with Gasteiger partial charge in [-0.25, -0.2) is 4.39 Å². The fourth-order valence-electron chi connectivity index (χ4n) is 2.56. The zero-order chi connectivity index (χ0) is 13.8. The van der Waals surface area contributed by atoms with Crippen molar-refractivity contribution < 1.29 is 9.13 Å². The predicted molar refractivity (Wildman–Crippen MR) is 70.1 cm³/mol. The standard InChI is InChI=1S/C14H18FN3O/c1-19-3-2-18-8-13(14(17)9-18)11-4-10(7-16)5-12(15)6-11/h4-6,13-14H,2-3,8-9,17H2,1H3. The Morgan fingerprint density at radius 1 is 1.47 bits per heavy atom. The summed E-state index contributed by atoms with van der Waals surface area (Å²) in [4.78, 5) is 2.20. The zero-order valence-electron chi connectivity index (χ0n) is 11.0. The van der Waals surface area contributed by atoms with Gasteiger partial charge in [-0.1, -0.05) is 0 Å². The van der Waals surface area contributed by atoms with Crippen molar-refractivity contribution in [3.8, 4) is 6.07 Å². The summed E-state index contributed by atoms with van der Waals surface area (Å²) in [5, 5.41) is 8.89. The van der Waals surface area contributed by atoms with E-state index >= 15 is 0 Å². The van der Waals surface area contributed by atoms with Crippen molar-refractivity contribution in [1.29, 1.82) is 5.26 Å². The first-order valence-corrected chi connectivity index (χ1v) is 6.31. The van der Waals surface area contributed by atoms with Crippen LogP contribution in [0, 0.1) is 17.1 Å². The molecule has 1 aromatic carbocycles. The van der Waals surface area contributed by atoms with Crippen LogP contribution in [0.1, 0.15) is 17.0 Å².